The van der Waals surface area contributed by atoms with Gasteiger partial charge in [0.15, 0.2) is 5.82 Å². The van der Waals surface area contributed by atoms with E-state index in [0.29, 0.717) is 11.5 Å². The first-order valence-corrected chi connectivity index (χ1v) is 5.61. The van der Waals surface area contributed by atoms with Crippen LogP contribution in [0.1, 0.15) is 6.92 Å². The highest BCUT2D eigenvalue weighted by atomic mass is 16.2. The summed E-state index contributed by atoms with van der Waals surface area (Å²) in [6.07, 6.45) is 3.13. The number of anilines is 1. The fourth-order valence-electron chi connectivity index (χ4n) is 1.38. The molecule has 1 heterocycles. The normalized spacial score (nSPS) is 11.9. The average Bonchev–Trinajstić information content (AvgIpc) is 2.40. The molecule has 2 aromatic rings. The van der Waals surface area contributed by atoms with Crippen molar-refractivity contribution in [3.8, 4) is 11.4 Å². The third-order valence-corrected chi connectivity index (χ3v) is 2.36. The van der Waals surface area contributed by atoms with Gasteiger partial charge < -0.3 is 11.1 Å². The molecule has 92 valence electrons. The Morgan fingerprint density at radius 1 is 1.22 bits per heavy atom. The van der Waals surface area contributed by atoms with Gasteiger partial charge >= 0.3 is 0 Å². The van der Waals surface area contributed by atoms with Crippen LogP contribution in [-0.4, -0.2) is 21.9 Å². The van der Waals surface area contributed by atoms with Gasteiger partial charge in [-0.25, -0.2) is 9.97 Å². The third-order valence-electron chi connectivity index (χ3n) is 2.36. The summed E-state index contributed by atoms with van der Waals surface area (Å²) in [6, 6.07) is 9.07. The van der Waals surface area contributed by atoms with Gasteiger partial charge in [-0.05, 0) is 6.92 Å². The van der Waals surface area contributed by atoms with Gasteiger partial charge in [0.05, 0.1) is 24.1 Å². The van der Waals surface area contributed by atoms with Crippen LogP contribution in [0.3, 0.4) is 0 Å². The predicted octanol–water partition coefficient (Wildman–Crippen LogP) is 1.43. The molecule has 0 aliphatic rings. The van der Waals surface area contributed by atoms with Crippen LogP contribution < -0.4 is 11.1 Å². The minimum Gasteiger partial charge on any atom is -0.322 e. The van der Waals surface area contributed by atoms with Crippen molar-refractivity contribution in [1.82, 2.24) is 9.97 Å². The number of carbonyl (C=O) groups is 1. The highest BCUT2D eigenvalue weighted by molar-refractivity contribution is 5.94. The van der Waals surface area contributed by atoms with Gasteiger partial charge in [-0.3, -0.25) is 4.79 Å². The van der Waals surface area contributed by atoms with Crippen LogP contribution in [0.4, 0.5) is 5.69 Å². The molecule has 1 amide bonds. The van der Waals surface area contributed by atoms with Crippen LogP contribution in [0.25, 0.3) is 11.4 Å². The third kappa shape index (κ3) is 2.89. The zero-order valence-corrected chi connectivity index (χ0v) is 10.00. The van der Waals surface area contributed by atoms with Crippen molar-refractivity contribution in [2.24, 2.45) is 5.73 Å². The maximum Gasteiger partial charge on any atom is 0.241 e. The molecule has 0 aliphatic carbocycles. The molecule has 0 bridgehead atoms. The summed E-state index contributed by atoms with van der Waals surface area (Å²) in [4.78, 5) is 19.8. The Kier molecular flexibility index (Phi) is 3.64. The lowest BCUT2D eigenvalue weighted by atomic mass is 10.2. The zero-order valence-electron chi connectivity index (χ0n) is 10.00. The Labute approximate surface area is 105 Å². The molecule has 0 saturated heterocycles. The van der Waals surface area contributed by atoms with E-state index in [2.05, 4.69) is 15.3 Å². The molecule has 1 atom stereocenters. The number of carbonyl (C=O) groups excluding carboxylic acids is 1. The number of benzene rings is 1. The predicted molar refractivity (Wildman–Crippen MR) is 69.7 cm³/mol. The Balaban J connectivity index is 2.13. The summed E-state index contributed by atoms with van der Waals surface area (Å²) in [5.74, 6) is 0.362. The van der Waals surface area contributed by atoms with Crippen LogP contribution in [0, 0.1) is 0 Å². The molecule has 18 heavy (non-hydrogen) atoms. The van der Waals surface area contributed by atoms with Crippen LogP contribution in [0.2, 0.25) is 0 Å². The van der Waals surface area contributed by atoms with E-state index >= 15 is 0 Å². The molecule has 5 heteroatoms. The lowest BCUT2D eigenvalue weighted by Crippen LogP contribution is -2.32. The fraction of sp³-hybridized carbons (Fsp3) is 0.154. The summed E-state index contributed by atoms with van der Waals surface area (Å²) < 4.78 is 0. The molecular weight excluding hydrogens is 228 g/mol. The van der Waals surface area contributed by atoms with Crippen molar-refractivity contribution in [2.45, 2.75) is 13.0 Å². The van der Waals surface area contributed by atoms with Gasteiger partial charge in [-0.1, -0.05) is 30.3 Å². The summed E-state index contributed by atoms with van der Waals surface area (Å²) >= 11 is 0. The second-order valence-corrected chi connectivity index (χ2v) is 3.94. The monoisotopic (exact) mass is 242 g/mol. The molecule has 1 aromatic carbocycles. The Bertz CT molecular complexity index is 522. The van der Waals surface area contributed by atoms with Gasteiger partial charge in [0.1, 0.15) is 0 Å². The number of hydrogen-bond donors (Lipinski definition) is 2. The van der Waals surface area contributed by atoms with Gasteiger partial charge in [0.25, 0.3) is 0 Å². The van der Waals surface area contributed by atoms with E-state index in [1.54, 1.807) is 19.3 Å². The van der Waals surface area contributed by atoms with Crippen LogP contribution >= 0.6 is 0 Å². The largest absolute Gasteiger partial charge is 0.322 e. The number of rotatable bonds is 3. The fourth-order valence-corrected chi connectivity index (χ4v) is 1.38. The first-order valence-electron chi connectivity index (χ1n) is 5.61. The van der Waals surface area contributed by atoms with Crippen LogP contribution in [-0.2, 0) is 4.79 Å². The van der Waals surface area contributed by atoms with Gasteiger partial charge in [0.2, 0.25) is 5.91 Å². The van der Waals surface area contributed by atoms with Crippen LogP contribution in [0.15, 0.2) is 42.7 Å². The number of hydrogen-bond acceptors (Lipinski definition) is 4. The maximum atomic E-state index is 11.4. The second-order valence-electron chi connectivity index (χ2n) is 3.94. The first kappa shape index (κ1) is 12.2. The van der Waals surface area contributed by atoms with E-state index in [0.717, 1.165) is 5.56 Å². The van der Waals surface area contributed by atoms with E-state index in [9.17, 15) is 4.79 Å². The van der Waals surface area contributed by atoms with Crippen LogP contribution in [0.5, 0.6) is 0 Å². The summed E-state index contributed by atoms with van der Waals surface area (Å²) in [5, 5.41) is 2.63. The Morgan fingerprint density at radius 2 is 1.83 bits per heavy atom. The molecule has 0 fully saturated rings. The number of nitrogens with zero attached hydrogens (tertiary/aromatic N) is 2. The van der Waals surface area contributed by atoms with Crippen molar-refractivity contribution in [1.29, 1.82) is 0 Å². The maximum absolute atomic E-state index is 11.4. The van der Waals surface area contributed by atoms with E-state index in [4.69, 9.17) is 5.73 Å². The number of amides is 1. The van der Waals surface area contributed by atoms with Crippen molar-refractivity contribution < 1.29 is 4.79 Å². The summed E-state index contributed by atoms with van der Waals surface area (Å²) in [7, 11) is 0. The molecule has 1 aromatic heterocycles. The smallest absolute Gasteiger partial charge is 0.241 e. The van der Waals surface area contributed by atoms with Gasteiger partial charge in [-0.15, -0.1) is 0 Å². The quantitative estimate of drug-likeness (QED) is 0.853. The number of nitrogens with two attached hydrogens (primary N) is 1. The SMILES string of the molecule is CC(N)C(=O)Nc1cnc(-c2ccccc2)nc1. The average molecular weight is 242 g/mol. The first-order chi connectivity index (χ1) is 8.66. The van der Waals surface area contributed by atoms with Crippen molar-refractivity contribution in [3.05, 3.63) is 42.7 Å². The van der Waals surface area contributed by atoms with E-state index in [-0.39, 0.29) is 5.91 Å². The molecule has 0 saturated carbocycles. The summed E-state index contributed by atoms with van der Waals surface area (Å²) in [5.41, 5.74) is 6.92. The highest BCUT2D eigenvalue weighted by Crippen LogP contribution is 2.14. The van der Waals surface area contributed by atoms with E-state index < -0.39 is 6.04 Å². The van der Waals surface area contributed by atoms with Crippen molar-refractivity contribution in [2.75, 3.05) is 5.32 Å². The second kappa shape index (κ2) is 5.37. The lowest BCUT2D eigenvalue weighted by Gasteiger charge is -2.07. The highest BCUT2D eigenvalue weighted by Gasteiger charge is 2.08. The molecule has 2 rings (SSSR count). The molecule has 0 aliphatic heterocycles. The molecule has 3 N–H and O–H groups in total. The molecule has 5 nitrogen and oxygen atoms in total. The molecule has 0 spiro atoms. The standard InChI is InChI=1S/C13H14N4O/c1-9(14)13(18)17-11-7-15-12(16-8-11)10-5-3-2-4-6-10/h2-9H,14H2,1H3,(H,17,18). The molecule has 1 unspecified atom stereocenters. The Hall–Kier alpha value is -2.27. The summed E-state index contributed by atoms with van der Waals surface area (Å²) in [6.45, 7) is 1.62. The van der Waals surface area contributed by atoms with Gasteiger partial charge in [-0.2, -0.15) is 0 Å². The zero-order chi connectivity index (χ0) is 13.0. The minimum absolute atomic E-state index is 0.258. The van der Waals surface area contributed by atoms with Crippen molar-refractivity contribution >= 4 is 11.6 Å². The minimum atomic E-state index is -0.557. The van der Waals surface area contributed by atoms with E-state index in [1.165, 1.54) is 0 Å². The molecular formula is C13H14N4O. The molecule has 0 radical (unpaired) electrons. The topological polar surface area (TPSA) is 80.9 Å². The Morgan fingerprint density at radius 3 is 2.39 bits per heavy atom. The van der Waals surface area contributed by atoms with E-state index in [1.807, 2.05) is 30.3 Å². The van der Waals surface area contributed by atoms with Crippen molar-refractivity contribution in [3.63, 3.8) is 0 Å². The van der Waals surface area contributed by atoms with Gasteiger partial charge in [0, 0.05) is 5.56 Å². The number of nitrogens with one attached hydrogen (secondary N) is 1. The lowest BCUT2D eigenvalue weighted by molar-refractivity contribution is -0.117. The number of aromatic nitrogens is 2.